The van der Waals surface area contributed by atoms with E-state index in [2.05, 4.69) is 5.32 Å². The maximum Gasteiger partial charge on any atom is 0.432 e. The monoisotopic (exact) mass is 548 g/mol. The van der Waals surface area contributed by atoms with Gasteiger partial charge in [-0.15, -0.1) is 0 Å². The second-order valence-corrected chi connectivity index (χ2v) is 9.11. The van der Waals surface area contributed by atoms with Crippen molar-refractivity contribution in [3.8, 4) is 0 Å². The first kappa shape index (κ1) is 31.2. The summed E-state index contributed by atoms with van der Waals surface area (Å²) in [4.78, 5) is 49.5. The lowest BCUT2D eigenvalue weighted by Crippen LogP contribution is -2.53. The Balaban J connectivity index is 2.35. The summed E-state index contributed by atoms with van der Waals surface area (Å²) >= 11 is 0. The fraction of sp³-hybridized carbons (Fsp3) is 0.357. The molecule has 2 atom stereocenters. The molecule has 11 heteroatoms. The molecular formula is C28H31F3N2O6. The van der Waals surface area contributed by atoms with Gasteiger partial charge in [0.1, 0.15) is 6.10 Å². The highest BCUT2D eigenvalue weighted by Gasteiger charge is 2.64. The van der Waals surface area contributed by atoms with E-state index in [0.717, 1.165) is 31.7 Å². The second-order valence-electron chi connectivity index (χ2n) is 9.11. The Morgan fingerprint density at radius 1 is 1.15 bits per heavy atom. The minimum atomic E-state index is -5.22. The molecule has 39 heavy (non-hydrogen) atoms. The number of methoxy groups -OCH3 is 1. The molecule has 1 aliphatic rings. The Kier molecular flexibility index (Phi) is 11.0. The van der Waals surface area contributed by atoms with Crippen LogP contribution in [0.5, 0.6) is 0 Å². The van der Waals surface area contributed by atoms with Gasteiger partial charge in [-0.25, -0.2) is 4.79 Å². The van der Waals surface area contributed by atoms with E-state index in [1.54, 1.807) is 6.08 Å². The van der Waals surface area contributed by atoms with Crippen LogP contribution < -0.4 is 11.1 Å². The van der Waals surface area contributed by atoms with E-state index in [-0.39, 0.29) is 17.7 Å². The molecular weight excluding hydrogens is 517 g/mol. The number of allylic oxidation sites excluding steroid dienone is 4. The maximum atomic E-state index is 14.2. The van der Waals surface area contributed by atoms with Crippen LogP contribution in [-0.2, 0) is 34.3 Å². The minimum absolute atomic E-state index is 0.0121. The molecule has 0 saturated heterocycles. The molecule has 0 spiro atoms. The van der Waals surface area contributed by atoms with E-state index in [1.165, 1.54) is 36.4 Å². The first-order chi connectivity index (χ1) is 18.3. The molecule has 8 nitrogen and oxygen atoms in total. The van der Waals surface area contributed by atoms with E-state index in [0.29, 0.717) is 5.92 Å². The highest BCUT2D eigenvalue weighted by atomic mass is 19.4. The molecule has 0 saturated carbocycles. The summed E-state index contributed by atoms with van der Waals surface area (Å²) in [6, 6.07) is 6.20. The Hall–Kier alpha value is -3.99. The number of nitrogens with one attached hydrogen (secondary N) is 1. The Bertz CT molecular complexity index is 1190. The first-order valence-electron chi connectivity index (χ1n) is 12.1. The number of esters is 1. The van der Waals surface area contributed by atoms with Crippen molar-refractivity contribution in [3.05, 3.63) is 83.6 Å². The topological polar surface area (TPSA) is 125 Å². The number of primary amides is 1. The van der Waals surface area contributed by atoms with Crippen LogP contribution in [0.1, 0.15) is 38.7 Å². The number of hydrogen-bond acceptors (Lipinski definition) is 6. The summed E-state index contributed by atoms with van der Waals surface area (Å²) in [5.74, 6) is -3.46. The second kappa shape index (κ2) is 13.7. The molecule has 0 radical (unpaired) electrons. The van der Waals surface area contributed by atoms with Crippen molar-refractivity contribution >= 4 is 23.6 Å². The summed E-state index contributed by atoms with van der Waals surface area (Å²) in [6.07, 6.45) is 1.74. The summed E-state index contributed by atoms with van der Waals surface area (Å²) in [6.45, 7) is 4.08. The van der Waals surface area contributed by atoms with Crippen LogP contribution in [-0.4, -0.2) is 43.0 Å². The fourth-order valence-corrected chi connectivity index (χ4v) is 3.71. The lowest BCUT2D eigenvalue weighted by molar-refractivity contribution is -0.277. The number of Topliss-reactive ketones (excluding diaryl/α,β-unsaturated/α-hetero) is 1. The lowest BCUT2D eigenvalue weighted by atomic mass is 9.91. The molecule has 0 bridgehead atoms. The number of nitrogens with two attached hydrogens (primary N) is 1. The molecule has 210 valence electrons. The normalized spacial score (nSPS) is 18.8. The van der Waals surface area contributed by atoms with E-state index >= 15 is 0 Å². The van der Waals surface area contributed by atoms with Crippen molar-refractivity contribution in [1.29, 1.82) is 0 Å². The average molecular weight is 549 g/mol. The lowest BCUT2D eigenvalue weighted by Gasteiger charge is -2.34. The van der Waals surface area contributed by atoms with Gasteiger partial charge >= 0.3 is 12.1 Å². The van der Waals surface area contributed by atoms with Gasteiger partial charge in [-0.3, -0.25) is 14.4 Å². The smallest absolute Gasteiger partial charge is 0.432 e. The third-order valence-electron chi connectivity index (χ3n) is 5.68. The Labute approximate surface area is 224 Å². The van der Waals surface area contributed by atoms with E-state index < -0.39 is 53.4 Å². The third kappa shape index (κ3) is 8.25. The number of amides is 2. The minimum Gasteiger partial charge on any atom is -0.454 e. The zero-order chi connectivity index (χ0) is 29.2. The van der Waals surface area contributed by atoms with Crippen molar-refractivity contribution in [2.24, 2.45) is 11.7 Å². The molecule has 0 aromatic heterocycles. The molecule has 2 rings (SSSR count). The molecule has 1 aromatic rings. The predicted molar refractivity (Wildman–Crippen MR) is 137 cm³/mol. The molecule has 0 heterocycles. The largest absolute Gasteiger partial charge is 0.454 e. The number of halogens is 3. The third-order valence-corrected chi connectivity index (χ3v) is 5.68. The zero-order valence-electron chi connectivity index (χ0n) is 21.8. The molecule has 3 N–H and O–H groups in total. The van der Waals surface area contributed by atoms with Crippen LogP contribution in [0.2, 0.25) is 0 Å². The molecule has 0 aliphatic heterocycles. The van der Waals surface area contributed by atoms with Crippen LogP contribution >= 0.6 is 0 Å². The number of ketones is 1. The molecule has 0 unspecified atom stereocenters. The standard InChI is InChI=1S/C28H31F3N2O6/c1-18(2)10-6-4-9-13-25(36)33-21-16-19(14-15-24(32)35)23(17-22(21)34)39-26(37)27(38-3,28(29,30)31)20-11-7-5-8-12-20/h4-9,11-14,16,18,23H,10,15,17H2,1-3H3,(H2,32,35)(H,33,36)/b6-4+,13-9+,19-14+/t23-,27-/m1/s1. The van der Waals surface area contributed by atoms with Crippen LogP contribution in [0.3, 0.4) is 0 Å². The summed E-state index contributed by atoms with van der Waals surface area (Å²) in [5, 5.41) is 2.40. The van der Waals surface area contributed by atoms with Gasteiger partial charge in [0.2, 0.25) is 11.8 Å². The van der Waals surface area contributed by atoms with Gasteiger partial charge in [0, 0.05) is 25.2 Å². The molecule has 1 aliphatic carbocycles. The van der Waals surface area contributed by atoms with Gasteiger partial charge in [-0.1, -0.05) is 68.5 Å². The number of alkyl halides is 3. The number of hydrogen-bond donors (Lipinski definition) is 2. The van der Waals surface area contributed by atoms with Crippen molar-refractivity contribution in [2.75, 3.05) is 7.11 Å². The SMILES string of the molecule is CO[C@@](C(=O)O[C@@H]1CC(=O)C(NC(=O)/C=C/C=C/CC(C)C)=C/C1=C\CC(N)=O)(c1ccccc1)C(F)(F)F. The van der Waals surface area contributed by atoms with Crippen molar-refractivity contribution < 1.29 is 41.8 Å². The number of carbonyl (C=O) groups is 4. The maximum absolute atomic E-state index is 14.2. The van der Waals surface area contributed by atoms with Gasteiger partial charge < -0.3 is 20.5 Å². The highest BCUT2D eigenvalue weighted by Crippen LogP contribution is 2.43. The summed E-state index contributed by atoms with van der Waals surface area (Å²) in [5.41, 5.74) is 1.02. The van der Waals surface area contributed by atoms with Crippen LogP contribution in [0, 0.1) is 5.92 Å². The van der Waals surface area contributed by atoms with E-state index in [1.807, 2.05) is 19.9 Å². The average Bonchev–Trinajstić information content (AvgIpc) is 2.85. The predicted octanol–water partition coefficient (Wildman–Crippen LogP) is 3.94. The summed E-state index contributed by atoms with van der Waals surface area (Å²) in [7, 11) is 0.719. The number of carbonyl (C=O) groups excluding carboxylic acids is 4. The van der Waals surface area contributed by atoms with Gasteiger partial charge in [0.25, 0.3) is 5.60 Å². The quantitative estimate of drug-likeness (QED) is 0.245. The van der Waals surface area contributed by atoms with Gasteiger partial charge in [-0.05, 0) is 24.0 Å². The Morgan fingerprint density at radius 2 is 1.82 bits per heavy atom. The van der Waals surface area contributed by atoms with Gasteiger partial charge in [0.15, 0.2) is 5.78 Å². The molecule has 1 aromatic carbocycles. The van der Waals surface area contributed by atoms with Gasteiger partial charge in [-0.2, -0.15) is 13.2 Å². The van der Waals surface area contributed by atoms with Crippen molar-refractivity contribution in [3.63, 3.8) is 0 Å². The van der Waals surface area contributed by atoms with Crippen molar-refractivity contribution in [2.45, 2.75) is 51.0 Å². The van der Waals surface area contributed by atoms with Gasteiger partial charge in [0.05, 0.1) is 12.1 Å². The highest BCUT2D eigenvalue weighted by molar-refractivity contribution is 6.03. The van der Waals surface area contributed by atoms with Crippen LogP contribution in [0.4, 0.5) is 13.2 Å². The first-order valence-corrected chi connectivity index (χ1v) is 12.1. The Morgan fingerprint density at radius 3 is 2.38 bits per heavy atom. The molecule has 0 fully saturated rings. The van der Waals surface area contributed by atoms with E-state index in [4.69, 9.17) is 15.2 Å². The number of benzene rings is 1. The number of rotatable bonds is 11. The van der Waals surface area contributed by atoms with Crippen molar-refractivity contribution in [1.82, 2.24) is 5.32 Å². The fourth-order valence-electron chi connectivity index (χ4n) is 3.71. The number of ether oxygens (including phenoxy) is 2. The summed E-state index contributed by atoms with van der Waals surface area (Å²) < 4.78 is 52.7. The zero-order valence-corrected chi connectivity index (χ0v) is 21.8. The van der Waals surface area contributed by atoms with E-state index in [9.17, 15) is 32.3 Å². The molecule has 2 amide bonds. The van der Waals surface area contributed by atoms with Crippen LogP contribution in [0.15, 0.2) is 78.1 Å². The van der Waals surface area contributed by atoms with Crippen LogP contribution in [0.25, 0.3) is 0 Å².